The van der Waals surface area contributed by atoms with Crippen LogP contribution in [0, 0.1) is 0 Å². The number of hydrogen-bond donors (Lipinski definition) is 0. The minimum Gasteiger partial charge on any atom is -0.460 e. The molecule has 0 heterocycles. The Kier molecular flexibility index (Phi) is 5.13. The summed E-state index contributed by atoms with van der Waals surface area (Å²) in [6, 6.07) is 5.71. The zero-order valence-electron chi connectivity index (χ0n) is 10.2. The van der Waals surface area contributed by atoms with E-state index in [1.807, 2.05) is 0 Å². The van der Waals surface area contributed by atoms with Gasteiger partial charge in [0.05, 0.1) is 12.2 Å². The zero-order valence-corrected chi connectivity index (χ0v) is 10.2. The highest BCUT2D eigenvalue weighted by Crippen LogP contribution is 2.14. The average Bonchev–Trinajstić information content (AvgIpc) is 2.40. The SMILES string of the molecule is C=C(OC(=O)c1ccc(N=[N+]=[N-])cc1)C(=O)OCC. The van der Waals surface area contributed by atoms with Gasteiger partial charge in [-0.25, -0.2) is 9.59 Å². The van der Waals surface area contributed by atoms with Gasteiger partial charge < -0.3 is 9.47 Å². The summed E-state index contributed by atoms with van der Waals surface area (Å²) in [5.41, 5.74) is 8.79. The topological polar surface area (TPSA) is 101 Å². The lowest BCUT2D eigenvalue weighted by Crippen LogP contribution is -2.13. The first kappa shape index (κ1) is 14.3. The summed E-state index contributed by atoms with van der Waals surface area (Å²) in [6.45, 7) is 5.09. The molecule has 0 aliphatic carbocycles. The molecule has 0 unspecified atom stereocenters. The van der Waals surface area contributed by atoms with Crippen molar-refractivity contribution in [3.8, 4) is 0 Å². The molecule has 0 aromatic heterocycles. The molecule has 1 rings (SSSR count). The van der Waals surface area contributed by atoms with Crippen LogP contribution in [-0.4, -0.2) is 18.5 Å². The van der Waals surface area contributed by atoms with Crippen molar-refractivity contribution in [1.82, 2.24) is 0 Å². The summed E-state index contributed by atoms with van der Waals surface area (Å²) < 4.78 is 9.36. The van der Waals surface area contributed by atoms with Crippen molar-refractivity contribution in [3.63, 3.8) is 0 Å². The molecule has 7 heteroatoms. The minimum atomic E-state index is -0.790. The minimum absolute atomic E-state index is 0.163. The van der Waals surface area contributed by atoms with Gasteiger partial charge in [0.15, 0.2) is 0 Å². The van der Waals surface area contributed by atoms with Crippen molar-refractivity contribution in [2.45, 2.75) is 6.92 Å². The van der Waals surface area contributed by atoms with Crippen LogP contribution in [0.3, 0.4) is 0 Å². The maximum Gasteiger partial charge on any atom is 0.373 e. The molecule has 0 saturated carbocycles. The van der Waals surface area contributed by atoms with E-state index in [9.17, 15) is 9.59 Å². The summed E-state index contributed by atoms with van der Waals surface area (Å²) in [5.74, 6) is -1.92. The summed E-state index contributed by atoms with van der Waals surface area (Å²) in [5, 5.41) is 3.36. The van der Waals surface area contributed by atoms with E-state index in [4.69, 9.17) is 10.3 Å². The summed E-state index contributed by atoms with van der Waals surface area (Å²) in [7, 11) is 0. The molecule has 0 aliphatic rings. The molecule has 0 amide bonds. The van der Waals surface area contributed by atoms with Crippen molar-refractivity contribution in [2.75, 3.05) is 6.61 Å². The molecule has 0 atom stereocenters. The van der Waals surface area contributed by atoms with Gasteiger partial charge in [-0.2, -0.15) is 0 Å². The Morgan fingerprint density at radius 2 is 2.00 bits per heavy atom. The second-order valence-electron chi connectivity index (χ2n) is 3.27. The van der Waals surface area contributed by atoms with Gasteiger partial charge in [-0.05, 0) is 31.2 Å². The lowest BCUT2D eigenvalue weighted by atomic mass is 10.2. The molecule has 0 bridgehead atoms. The van der Waals surface area contributed by atoms with Gasteiger partial charge in [0, 0.05) is 10.6 Å². The standard InChI is InChI=1S/C12H11N3O4/c1-3-18-11(16)8(2)19-12(17)9-4-6-10(7-5-9)14-15-13/h4-7H,2-3H2,1H3. The Balaban J connectivity index is 2.70. The van der Waals surface area contributed by atoms with Gasteiger partial charge in [-0.15, -0.1) is 0 Å². The van der Waals surface area contributed by atoms with Gasteiger partial charge in [-0.3, -0.25) is 0 Å². The van der Waals surface area contributed by atoms with Crippen molar-refractivity contribution in [1.29, 1.82) is 0 Å². The van der Waals surface area contributed by atoms with Gasteiger partial charge in [-0.1, -0.05) is 17.2 Å². The molecular weight excluding hydrogens is 250 g/mol. The second-order valence-corrected chi connectivity index (χ2v) is 3.27. The number of esters is 2. The fraction of sp³-hybridized carbons (Fsp3) is 0.167. The predicted molar refractivity (Wildman–Crippen MR) is 66.4 cm³/mol. The monoisotopic (exact) mass is 261 g/mol. The third-order valence-corrected chi connectivity index (χ3v) is 1.98. The van der Waals surface area contributed by atoms with Crippen LogP contribution < -0.4 is 0 Å². The molecule has 1 aromatic rings. The van der Waals surface area contributed by atoms with Gasteiger partial charge in [0.2, 0.25) is 5.76 Å². The predicted octanol–water partition coefficient (Wildman–Crippen LogP) is 2.86. The molecule has 0 radical (unpaired) electrons. The van der Waals surface area contributed by atoms with Crippen LogP contribution in [0.4, 0.5) is 5.69 Å². The molecule has 0 N–H and O–H groups in total. The van der Waals surface area contributed by atoms with E-state index in [0.29, 0.717) is 5.69 Å². The lowest BCUT2D eigenvalue weighted by molar-refractivity contribution is -0.141. The van der Waals surface area contributed by atoms with Crippen LogP contribution in [-0.2, 0) is 14.3 Å². The second kappa shape index (κ2) is 6.83. The Bertz CT molecular complexity index is 545. The number of carbonyl (C=O) groups is 2. The number of azide groups is 1. The fourth-order valence-electron chi connectivity index (χ4n) is 1.14. The van der Waals surface area contributed by atoms with E-state index in [1.54, 1.807) is 6.92 Å². The van der Waals surface area contributed by atoms with E-state index < -0.39 is 11.9 Å². The van der Waals surface area contributed by atoms with Crippen LogP contribution in [0.15, 0.2) is 41.7 Å². The quantitative estimate of drug-likeness (QED) is 0.203. The molecule has 98 valence electrons. The Morgan fingerprint density at radius 3 is 2.53 bits per heavy atom. The van der Waals surface area contributed by atoms with Crippen LogP contribution in [0.5, 0.6) is 0 Å². The third-order valence-electron chi connectivity index (χ3n) is 1.98. The maximum absolute atomic E-state index is 11.6. The van der Waals surface area contributed by atoms with Crippen molar-refractivity contribution < 1.29 is 19.1 Å². The number of carbonyl (C=O) groups excluding carboxylic acids is 2. The van der Waals surface area contributed by atoms with E-state index in [2.05, 4.69) is 21.3 Å². The normalized spacial score (nSPS) is 9.11. The summed E-state index contributed by atoms with van der Waals surface area (Å²) in [6.07, 6.45) is 0. The third kappa shape index (κ3) is 4.18. The van der Waals surface area contributed by atoms with Crippen LogP contribution in [0.1, 0.15) is 17.3 Å². The average molecular weight is 261 g/mol. The number of hydrogen-bond acceptors (Lipinski definition) is 5. The Morgan fingerprint density at radius 1 is 1.37 bits per heavy atom. The Labute approximate surface area is 109 Å². The van der Waals surface area contributed by atoms with Gasteiger partial charge in [0.25, 0.3) is 0 Å². The van der Waals surface area contributed by atoms with Gasteiger partial charge in [0.1, 0.15) is 0 Å². The molecule has 0 aliphatic heterocycles. The van der Waals surface area contributed by atoms with E-state index in [0.717, 1.165) is 0 Å². The first-order valence-electron chi connectivity index (χ1n) is 5.31. The molecule has 0 spiro atoms. The molecular formula is C12H11N3O4. The summed E-state index contributed by atoms with van der Waals surface area (Å²) in [4.78, 5) is 25.4. The first-order chi connectivity index (χ1) is 9.08. The number of nitrogens with zero attached hydrogens (tertiary/aromatic N) is 3. The molecule has 0 saturated heterocycles. The number of ether oxygens (including phenoxy) is 2. The highest BCUT2D eigenvalue weighted by atomic mass is 16.6. The number of rotatable bonds is 5. The highest BCUT2D eigenvalue weighted by Gasteiger charge is 2.15. The van der Waals surface area contributed by atoms with Gasteiger partial charge >= 0.3 is 11.9 Å². The molecule has 1 aromatic carbocycles. The lowest BCUT2D eigenvalue weighted by Gasteiger charge is -2.06. The molecule has 7 nitrogen and oxygen atoms in total. The smallest absolute Gasteiger partial charge is 0.373 e. The molecule has 0 fully saturated rings. The highest BCUT2D eigenvalue weighted by molar-refractivity contribution is 5.95. The van der Waals surface area contributed by atoms with E-state index >= 15 is 0 Å². The fourth-order valence-corrected chi connectivity index (χ4v) is 1.14. The number of benzene rings is 1. The van der Waals surface area contributed by atoms with Crippen molar-refractivity contribution in [2.24, 2.45) is 5.11 Å². The molecule has 19 heavy (non-hydrogen) atoms. The van der Waals surface area contributed by atoms with E-state index in [-0.39, 0.29) is 17.9 Å². The van der Waals surface area contributed by atoms with Crippen molar-refractivity contribution >= 4 is 17.6 Å². The zero-order chi connectivity index (χ0) is 14.3. The first-order valence-corrected chi connectivity index (χ1v) is 5.31. The van der Waals surface area contributed by atoms with Crippen molar-refractivity contribution in [3.05, 3.63) is 52.6 Å². The summed E-state index contributed by atoms with van der Waals surface area (Å²) >= 11 is 0. The van der Waals surface area contributed by atoms with Crippen LogP contribution in [0.25, 0.3) is 10.4 Å². The largest absolute Gasteiger partial charge is 0.460 e. The van der Waals surface area contributed by atoms with Crippen LogP contribution in [0.2, 0.25) is 0 Å². The van der Waals surface area contributed by atoms with Crippen LogP contribution >= 0.6 is 0 Å². The van der Waals surface area contributed by atoms with E-state index in [1.165, 1.54) is 24.3 Å². The maximum atomic E-state index is 11.6. The Hall–Kier alpha value is -2.79.